The molecule has 2 heteroatoms. The van der Waals surface area contributed by atoms with Crippen LogP contribution in [0.5, 0.6) is 0 Å². The lowest BCUT2D eigenvalue weighted by Gasteiger charge is -2.28. The summed E-state index contributed by atoms with van der Waals surface area (Å²) in [4.78, 5) is 0. The van der Waals surface area contributed by atoms with E-state index in [1.165, 1.54) is 31.4 Å². The summed E-state index contributed by atoms with van der Waals surface area (Å²) in [7, 11) is 0. The third-order valence-electron chi connectivity index (χ3n) is 4.76. The zero-order valence-electron chi connectivity index (χ0n) is 10.2. The smallest absolute Gasteiger partial charge is 0.123 e. The number of hydrogen-bond donors (Lipinski definition) is 1. The first-order valence-corrected chi connectivity index (χ1v) is 6.59. The molecular formula is C15H19FO. The Bertz CT molecular complexity index is 429. The Morgan fingerprint density at radius 3 is 2.76 bits per heavy atom. The van der Waals surface area contributed by atoms with Gasteiger partial charge in [0.25, 0.3) is 0 Å². The molecule has 4 atom stereocenters. The van der Waals surface area contributed by atoms with Gasteiger partial charge in [-0.25, -0.2) is 4.39 Å². The summed E-state index contributed by atoms with van der Waals surface area (Å²) in [6.07, 6.45) is 4.51. The zero-order chi connectivity index (χ0) is 12.0. The van der Waals surface area contributed by atoms with Crippen LogP contribution < -0.4 is 0 Å². The maximum atomic E-state index is 13.3. The number of aliphatic hydroxyl groups is 1. The number of aryl methyl sites for hydroxylation is 1. The number of halogens is 1. The number of hydrogen-bond acceptors (Lipinski definition) is 1. The molecule has 1 aromatic rings. The van der Waals surface area contributed by atoms with Crippen LogP contribution in [0.1, 0.15) is 42.9 Å². The molecule has 0 aromatic heterocycles. The summed E-state index contributed by atoms with van der Waals surface area (Å²) >= 11 is 0. The van der Waals surface area contributed by atoms with Crippen molar-refractivity contribution >= 4 is 0 Å². The quantitative estimate of drug-likeness (QED) is 0.829. The lowest BCUT2D eigenvalue weighted by atomic mass is 9.81. The van der Waals surface area contributed by atoms with E-state index in [0.29, 0.717) is 11.8 Å². The van der Waals surface area contributed by atoms with Gasteiger partial charge in [0, 0.05) is 0 Å². The molecule has 92 valence electrons. The van der Waals surface area contributed by atoms with Crippen molar-refractivity contribution < 1.29 is 9.50 Å². The summed E-state index contributed by atoms with van der Waals surface area (Å²) < 4.78 is 13.3. The van der Waals surface area contributed by atoms with Crippen LogP contribution >= 0.6 is 0 Å². The van der Waals surface area contributed by atoms with Crippen LogP contribution in [0.4, 0.5) is 4.39 Å². The third-order valence-corrected chi connectivity index (χ3v) is 4.76. The van der Waals surface area contributed by atoms with E-state index < -0.39 is 6.10 Å². The fraction of sp³-hybridized carbons (Fsp3) is 0.600. The number of fused-ring (bicyclic) bond motifs is 2. The van der Waals surface area contributed by atoms with Gasteiger partial charge in [0.1, 0.15) is 5.82 Å². The molecule has 0 aliphatic heterocycles. The molecule has 2 aliphatic carbocycles. The number of aliphatic hydroxyl groups excluding tert-OH is 1. The second-order valence-electron chi connectivity index (χ2n) is 5.78. The zero-order valence-corrected chi connectivity index (χ0v) is 10.2. The summed E-state index contributed by atoms with van der Waals surface area (Å²) in [6.45, 7) is 1.95. The Labute approximate surface area is 102 Å². The molecule has 2 bridgehead atoms. The minimum absolute atomic E-state index is 0.243. The highest BCUT2D eigenvalue weighted by Gasteiger charge is 2.43. The number of rotatable bonds is 2. The Morgan fingerprint density at radius 2 is 2.12 bits per heavy atom. The Morgan fingerprint density at radius 1 is 1.29 bits per heavy atom. The third kappa shape index (κ3) is 1.89. The fourth-order valence-electron chi connectivity index (χ4n) is 3.84. The molecule has 3 rings (SSSR count). The molecule has 2 saturated carbocycles. The van der Waals surface area contributed by atoms with Gasteiger partial charge in [-0.05, 0) is 67.2 Å². The van der Waals surface area contributed by atoms with E-state index in [4.69, 9.17) is 0 Å². The SMILES string of the molecule is Cc1ccc(F)cc1C(O)C1CC2CCC1C2. The Hall–Kier alpha value is -0.890. The lowest BCUT2D eigenvalue weighted by Crippen LogP contribution is -2.20. The van der Waals surface area contributed by atoms with Gasteiger partial charge < -0.3 is 5.11 Å². The van der Waals surface area contributed by atoms with E-state index in [2.05, 4.69) is 0 Å². The van der Waals surface area contributed by atoms with Gasteiger partial charge in [0.15, 0.2) is 0 Å². The van der Waals surface area contributed by atoms with Crippen LogP contribution in [0.15, 0.2) is 18.2 Å². The standard InChI is InChI=1S/C15H19FO/c1-9-2-5-12(16)8-13(9)15(17)14-7-10-3-4-11(14)6-10/h2,5,8,10-11,14-15,17H,3-4,6-7H2,1H3. The molecule has 0 saturated heterocycles. The molecule has 17 heavy (non-hydrogen) atoms. The first-order chi connectivity index (χ1) is 8.15. The van der Waals surface area contributed by atoms with Gasteiger partial charge in [-0.1, -0.05) is 12.5 Å². The monoisotopic (exact) mass is 234 g/mol. The van der Waals surface area contributed by atoms with Crippen molar-refractivity contribution in [2.45, 2.75) is 38.7 Å². The Kier molecular flexibility index (Phi) is 2.70. The predicted octanol–water partition coefficient (Wildman–Crippen LogP) is 3.60. The molecule has 0 amide bonds. The van der Waals surface area contributed by atoms with Crippen LogP contribution in [0, 0.1) is 30.5 Å². The van der Waals surface area contributed by atoms with Gasteiger partial charge in [-0.2, -0.15) is 0 Å². The van der Waals surface area contributed by atoms with Crippen LogP contribution in [-0.4, -0.2) is 5.11 Å². The largest absolute Gasteiger partial charge is 0.388 e. The average Bonchev–Trinajstić information content (AvgIpc) is 2.93. The molecule has 2 fully saturated rings. The van der Waals surface area contributed by atoms with Gasteiger partial charge in [-0.3, -0.25) is 0 Å². The first-order valence-electron chi connectivity index (χ1n) is 6.59. The van der Waals surface area contributed by atoms with Crippen LogP contribution in [-0.2, 0) is 0 Å². The van der Waals surface area contributed by atoms with Crippen LogP contribution in [0.25, 0.3) is 0 Å². The minimum atomic E-state index is -0.471. The summed E-state index contributed by atoms with van der Waals surface area (Å²) in [5.74, 6) is 1.59. The molecule has 2 aliphatic rings. The summed E-state index contributed by atoms with van der Waals surface area (Å²) in [5, 5.41) is 10.5. The second kappa shape index (κ2) is 4.09. The minimum Gasteiger partial charge on any atom is -0.388 e. The van der Waals surface area contributed by atoms with E-state index in [1.807, 2.05) is 6.92 Å². The normalized spacial score (nSPS) is 33.0. The molecule has 1 aromatic carbocycles. The maximum Gasteiger partial charge on any atom is 0.123 e. The molecule has 0 radical (unpaired) electrons. The summed E-state index contributed by atoms with van der Waals surface area (Å²) in [6, 6.07) is 4.74. The predicted molar refractivity (Wildman–Crippen MR) is 65.0 cm³/mol. The number of benzene rings is 1. The Balaban J connectivity index is 1.86. The van der Waals surface area contributed by atoms with E-state index in [1.54, 1.807) is 6.07 Å². The highest BCUT2D eigenvalue weighted by molar-refractivity contribution is 5.29. The van der Waals surface area contributed by atoms with Crippen LogP contribution in [0.3, 0.4) is 0 Å². The molecule has 4 unspecified atom stereocenters. The second-order valence-corrected chi connectivity index (χ2v) is 5.78. The summed E-state index contributed by atoms with van der Waals surface area (Å²) in [5.41, 5.74) is 1.80. The fourth-order valence-corrected chi connectivity index (χ4v) is 3.84. The van der Waals surface area contributed by atoms with Gasteiger partial charge >= 0.3 is 0 Å². The van der Waals surface area contributed by atoms with Gasteiger partial charge in [0.2, 0.25) is 0 Å². The lowest BCUT2D eigenvalue weighted by molar-refractivity contribution is 0.0737. The highest BCUT2D eigenvalue weighted by atomic mass is 19.1. The van der Waals surface area contributed by atoms with Crippen LogP contribution in [0.2, 0.25) is 0 Å². The van der Waals surface area contributed by atoms with Crippen molar-refractivity contribution in [3.63, 3.8) is 0 Å². The average molecular weight is 234 g/mol. The van der Waals surface area contributed by atoms with Crippen molar-refractivity contribution in [3.05, 3.63) is 35.1 Å². The van der Waals surface area contributed by atoms with E-state index in [0.717, 1.165) is 23.5 Å². The van der Waals surface area contributed by atoms with Gasteiger partial charge in [0.05, 0.1) is 6.10 Å². The molecule has 0 heterocycles. The van der Waals surface area contributed by atoms with Gasteiger partial charge in [-0.15, -0.1) is 0 Å². The van der Waals surface area contributed by atoms with Crippen molar-refractivity contribution in [1.82, 2.24) is 0 Å². The van der Waals surface area contributed by atoms with E-state index in [-0.39, 0.29) is 5.82 Å². The topological polar surface area (TPSA) is 20.2 Å². The molecule has 0 spiro atoms. The molecule has 1 N–H and O–H groups in total. The van der Waals surface area contributed by atoms with Crippen molar-refractivity contribution in [2.75, 3.05) is 0 Å². The van der Waals surface area contributed by atoms with E-state index >= 15 is 0 Å². The molecular weight excluding hydrogens is 215 g/mol. The maximum absolute atomic E-state index is 13.3. The van der Waals surface area contributed by atoms with E-state index in [9.17, 15) is 9.50 Å². The molecule has 1 nitrogen and oxygen atoms in total. The van der Waals surface area contributed by atoms with Crippen molar-refractivity contribution in [1.29, 1.82) is 0 Å². The first kappa shape index (κ1) is 11.2. The van der Waals surface area contributed by atoms with Crippen molar-refractivity contribution in [2.24, 2.45) is 17.8 Å². The highest BCUT2D eigenvalue weighted by Crippen LogP contribution is 2.52. The van der Waals surface area contributed by atoms with Crippen molar-refractivity contribution in [3.8, 4) is 0 Å².